The Morgan fingerprint density at radius 2 is 1.61 bits per heavy atom. The highest BCUT2D eigenvalue weighted by Crippen LogP contribution is 2.62. The van der Waals surface area contributed by atoms with Gasteiger partial charge in [0.1, 0.15) is 17.6 Å². The van der Waals surface area contributed by atoms with Crippen molar-refractivity contribution in [3.8, 4) is 11.5 Å². The lowest BCUT2D eigenvalue weighted by Gasteiger charge is -2.45. The minimum Gasteiger partial charge on any atom is -0.508 e. The van der Waals surface area contributed by atoms with Gasteiger partial charge in [-0.15, -0.1) is 0 Å². The Kier molecular flexibility index (Phi) is 4.30. The van der Waals surface area contributed by atoms with Crippen LogP contribution in [0.15, 0.2) is 48.5 Å². The van der Waals surface area contributed by atoms with Crippen LogP contribution in [0.2, 0.25) is 0 Å². The number of benzene rings is 2. The van der Waals surface area contributed by atoms with Gasteiger partial charge in [0.2, 0.25) is 0 Å². The third kappa shape index (κ3) is 3.06. The Balaban J connectivity index is 2.05. The van der Waals surface area contributed by atoms with Gasteiger partial charge in [-0.3, -0.25) is 0 Å². The molecule has 6 heteroatoms. The predicted molar refractivity (Wildman–Crippen MR) is 86.8 cm³/mol. The number of aromatic hydroxyl groups is 2. The number of rotatable bonds is 2. The standard InChI is InChI=1S/C17H19O5P/c1-17(2)15(11-6-4-3-5-7-11)21-23(20)22-16(17)13-10-12(18)8-9-14(13)19/h3-10,15-16,18-20H,1-2H3. The molecular weight excluding hydrogens is 315 g/mol. The van der Waals surface area contributed by atoms with Gasteiger partial charge in [-0.2, -0.15) is 0 Å². The maximum absolute atomic E-state index is 10.2. The highest BCUT2D eigenvalue weighted by atomic mass is 31.2. The van der Waals surface area contributed by atoms with Crippen molar-refractivity contribution in [2.45, 2.75) is 26.1 Å². The van der Waals surface area contributed by atoms with Gasteiger partial charge in [0.25, 0.3) is 0 Å². The maximum atomic E-state index is 10.2. The molecule has 0 amide bonds. The molecule has 1 aliphatic heterocycles. The second kappa shape index (κ2) is 6.10. The summed E-state index contributed by atoms with van der Waals surface area (Å²) in [5.41, 5.74) is 0.779. The molecule has 1 aliphatic rings. The molecule has 3 unspecified atom stereocenters. The lowest BCUT2D eigenvalue weighted by atomic mass is 9.75. The number of hydrogen-bond acceptors (Lipinski definition) is 5. The molecule has 0 radical (unpaired) electrons. The Morgan fingerprint density at radius 1 is 0.957 bits per heavy atom. The zero-order chi connectivity index (χ0) is 16.6. The van der Waals surface area contributed by atoms with E-state index in [9.17, 15) is 15.1 Å². The molecule has 0 saturated carbocycles. The van der Waals surface area contributed by atoms with Gasteiger partial charge >= 0.3 is 8.60 Å². The molecule has 3 atom stereocenters. The molecule has 1 saturated heterocycles. The number of hydrogen-bond donors (Lipinski definition) is 3. The monoisotopic (exact) mass is 334 g/mol. The smallest absolute Gasteiger partial charge is 0.331 e. The fourth-order valence-electron chi connectivity index (χ4n) is 2.94. The lowest BCUT2D eigenvalue weighted by Crippen LogP contribution is -2.35. The quantitative estimate of drug-likeness (QED) is 0.567. The van der Waals surface area contributed by atoms with E-state index in [1.165, 1.54) is 18.2 Å². The van der Waals surface area contributed by atoms with Crippen LogP contribution in [0.4, 0.5) is 0 Å². The molecule has 1 heterocycles. The minimum atomic E-state index is -2.09. The third-order valence-corrected chi connectivity index (χ3v) is 4.92. The summed E-state index contributed by atoms with van der Waals surface area (Å²) in [7, 11) is -2.09. The van der Waals surface area contributed by atoms with E-state index in [0.717, 1.165) is 5.56 Å². The maximum Gasteiger partial charge on any atom is 0.331 e. The van der Waals surface area contributed by atoms with Crippen molar-refractivity contribution in [1.82, 2.24) is 0 Å². The minimum absolute atomic E-state index is 0.0120. The highest BCUT2D eigenvalue weighted by molar-refractivity contribution is 7.40. The van der Waals surface area contributed by atoms with Crippen molar-refractivity contribution in [3.05, 3.63) is 59.7 Å². The highest BCUT2D eigenvalue weighted by Gasteiger charge is 2.48. The van der Waals surface area contributed by atoms with Crippen LogP contribution >= 0.6 is 8.60 Å². The van der Waals surface area contributed by atoms with Crippen molar-refractivity contribution < 1.29 is 24.2 Å². The van der Waals surface area contributed by atoms with Crippen molar-refractivity contribution in [1.29, 1.82) is 0 Å². The van der Waals surface area contributed by atoms with E-state index in [1.807, 2.05) is 44.2 Å². The van der Waals surface area contributed by atoms with Crippen LogP contribution in [0, 0.1) is 5.41 Å². The van der Waals surface area contributed by atoms with Crippen molar-refractivity contribution in [2.75, 3.05) is 0 Å². The van der Waals surface area contributed by atoms with Crippen LogP contribution in [-0.2, 0) is 9.05 Å². The SMILES string of the molecule is CC1(C)C(c2ccccc2)OP(O)OC1c1cc(O)ccc1O. The van der Waals surface area contributed by atoms with Gasteiger partial charge in [-0.05, 0) is 23.8 Å². The van der Waals surface area contributed by atoms with Crippen molar-refractivity contribution in [2.24, 2.45) is 5.41 Å². The first-order valence-corrected chi connectivity index (χ1v) is 8.42. The van der Waals surface area contributed by atoms with E-state index in [-0.39, 0.29) is 11.5 Å². The normalized spacial score (nSPS) is 26.8. The number of phenolic OH excluding ortho intramolecular Hbond substituents is 2. The summed E-state index contributed by atoms with van der Waals surface area (Å²) >= 11 is 0. The first-order valence-electron chi connectivity index (χ1n) is 7.29. The Labute approximate surface area is 136 Å². The molecule has 23 heavy (non-hydrogen) atoms. The number of phenols is 2. The Morgan fingerprint density at radius 3 is 2.30 bits per heavy atom. The van der Waals surface area contributed by atoms with Gasteiger partial charge in [0.15, 0.2) is 0 Å². The molecule has 2 aromatic rings. The van der Waals surface area contributed by atoms with Crippen LogP contribution < -0.4 is 0 Å². The molecule has 3 N–H and O–H groups in total. The Hall–Kier alpha value is -1.65. The van der Waals surface area contributed by atoms with E-state index in [1.54, 1.807) is 0 Å². The summed E-state index contributed by atoms with van der Waals surface area (Å²) < 4.78 is 11.3. The molecule has 0 aromatic heterocycles. The summed E-state index contributed by atoms with van der Waals surface area (Å²) in [5.74, 6) is 0.0419. The predicted octanol–water partition coefficient (Wildman–Crippen LogP) is 4.17. The fourth-order valence-corrected chi connectivity index (χ4v) is 4.13. The summed E-state index contributed by atoms with van der Waals surface area (Å²) in [6.45, 7) is 3.89. The molecule has 0 bridgehead atoms. The van der Waals surface area contributed by atoms with Gasteiger partial charge in [-0.25, -0.2) is 0 Å². The lowest BCUT2D eigenvalue weighted by molar-refractivity contribution is -0.0834. The van der Waals surface area contributed by atoms with Crippen molar-refractivity contribution in [3.63, 3.8) is 0 Å². The van der Waals surface area contributed by atoms with Gasteiger partial charge < -0.3 is 24.2 Å². The van der Waals surface area contributed by atoms with E-state index in [2.05, 4.69) is 0 Å². The summed E-state index contributed by atoms with van der Waals surface area (Å²) in [6.07, 6.45) is -1.02. The van der Waals surface area contributed by atoms with Gasteiger partial charge in [0, 0.05) is 11.0 Å². The first-order chi connectivity index (χ1) is 10.9. The van der Waals surface area contributed by atoms with Crippen molar-refractivity contribution >= 4 is 8.60 Å². The first kappa shape index (κ1) is 16.2. The van der Waals surface area contributed by atoms with Crippen LogP contribution in [0.5, 0.6) is 11.5 Å². The second-order valence-corrected chi connectivity index (χ2v) is 7.08. The average Bonchev–Trinajstić information content (AvgIpc) is 2.52. The third-order valence-electron chi connectivity index (χ3n) is 4.14. The van der Waals surface area contributed by atoms with Crippen LogP contribution in [0.3, 0.4) is 0 Å². The topological polar surface area (TPSA) is 79.2 Å². The molecule has 3 rings (SSSR count). The molecule has 2 aromatic carbocycles. The average molecular weight is 334 g/mol. The molecule has 0 aliphatic carbocycles. The molecule has 122 valence electrons. The van der Waals surface area contributed by atoms with Crippen LogP contribution in [0.25, 0.3) is 0 Å². The Bertz CT molecular complexity index is 689. The van der Waals surface area contributed by atoms with E-state index >= 15 is 0 Å². The zero-order valence-corrected chi connectivity index (χ0v) is 13.8. The molecular formula is C17H19O5P. The van der Waals surface area contributed by atoms with E-state index < -0.39 is 26.2 Å². The zero-order valence-electron chi connectivity index (χ0n) is 12.9. The van der Waals surface area contributed by atoms with Gasteiger partial charge in [-0.1, -0.05) is 44.2 Å². The fraction of sp³-hybridized carbons (Fsp3) is 0.294. The summed E-state index contributed by atoms with van der Waals surface area (Å²) in [6, 6.07) is 13.9. The molecule has 0 spiro atoms. The largest absolute Gasteiger partial charge is 0.508 e. The van der Waals surface area contributed by atoms with Gasteiger partial charge in [0.05, 0.1) is 6.10 Å². The van der Waals surface area contributed by atoms with E-state index in [0.29, 0.717) is 5.56 Å². The second-order valence-electron chi connectivity index (χ2n) is 6.18. The summed E-state index contributed by atoms with van der Waals surface area (Å²) in [4.78, 5) is 10.0. The summed E-state index contributed by atoms with van der Waals surface area (Å²) in [5, 5.41) is 19.9. The molecule has 1 fully saturated rings. The van der Waals surface area contributed by atoms with Crippen LogP contribution in [0.1, 0.15) is 37.2 Å². The molecule has 5 nitrogen and oxygen atoms in total. The van der Waals surface area contributed by atoms with E-state index in [4.69, 9.17) is 9.05 Å². The van der Waals surface area contributed by atoms with Crippen LogP contribution in [-0.4, -0.2) is 15.1 Å².